The van der Waals surface area contributed by atoms with Gasteiger partial charge in [0.15, 0.2) is 0 Å². The topological polar surface area (TPSA) is 102 Å². The minimum absolute atomic E-state index is 0.0323. The maximum atomic E-state index is 13.3. The van der Waals surface area contributed by atoms with Crippen LogP contribution in [0.4, 0.5) is 0 Å². The molecule has 1 aliphatic heterocycles. The summed E-state index contributed by atoms with van der Waals surface area (Å²) in [6.45, 7) is 6.76. The quantitative estimate of drug-likeness (QED) is 0.477. The van der Waals surface area contributed by atoms with Crippen LogP contribution in [0.3, 0.4) is 0 Å². The lowest BCUT2D eigenvalue weighted by molar-refractivity contribution is -0.123. The van der Waals surface area contributed by atoms with E-state index >= 15 is 0 Å². The number of rotatable bonds is 9. The smallest absolute Gasteiger partial charge is 0.273 e. The molecule has 2 N–H and O–H groups in total. The number of carbonyl (C=O) groups excluding carboxylic acids is 3. The van der Waals surface area contributed by atoms with Gasteiger partial charge in [-0.15, -0.1) is 11.3 Å². The van der Waals surface area contributed by atoms with E-state index < -0.39 is 0 Å². The van der Waals surface area contributed by atoms with E-state index in [-0.39, 0.29) is 23.6 Å². The van der Waals surface area contributed by atoms with Crippen LogP contribution in [0, 0.1) is 12.8 Å². The van der Waals surface area contributed by atoms with Crippen LogP contribution in [0.15, 0.2) is 48.0 Å². The number of primary amides is 1. The van der Waals surface area contributed by atoms with Crippen LogP contribution in [0.1, 0.15) is 63.3 Å². The molecule has 0 spiro atoms. The maximum Gasteiger partial charge on any atom is 0.273 e. The molecule has 0 bridgehead atoms. The predicted molar refractivity (Wildman–Crippen MR) is 140 cm³/mol. The first-order chi connectivity index (χ1) is 17.4. The van der Waals surface area contributed by atoms with Gasteiger partial charge in [0.2, 0.25) is 5.91 Å². The highest BCUT2D eigenvalue weighted by molar-refractivity contribution is 7.09. The Morgan fingerprint density at radius 3 is 2.58 bits per heavy atom. The van der Waals surface area contributed by atoms with Crippen molar-refractivity contribution in [3.63, 3.8) is 0 Å². The van der Waals surface area contributed by atoms with Gasteiger partial charge in [-0.2, -0.15) is 0 Å². The Balaban J connectivity index is 1.42. The zero-order chi connectivity index (χ0) is 25.7. The highest BCUT2D eigenvalue weighted by Gasteiger charge is 2.27. The van der Waals surface area contributed by atoms with Gasteiger partial charge in [0.1, 0.15) is 10.7 Å². The summed E-state index contributed by atoms with van der Waals surface area (Å²) in [5, 5.41) is 2.63. The fraction of sp³-hybridized carbons (Fsp3) is 0.407. The molecule has 0 aliphatic carbocycles. The van der Waals surface area contributed by atoms with Gasteiger partial charge in [-0.1, -0.05) is 25.1 Å². The zero-order valence-electron chi connectivity index (χ0n) is 20.9. The summed E-state index contributed by atoms with van der Waals surface area (Å²) >= 11 is 1.45. The third kappa shape index (κ3) is 5.84. The van der Waals surface area contributed by atoms with Gasteiger partial charge in [0, 0.05) is 48.4 Å². The largest absolute Gasteiger partial charge is 0.369 e. The summed E-state index contributed by atoms with van der Waals surface area (Å²) in [6, 6.07) is 11.7. The SMILES string of the molecule is CCCN(Cc1cccn1Cc1nc(C(=O)N2CCC(C(N)=O)CC2)cs1)C(=O)c1ccccc1C. The van der Waals surface area contributed by atoms with Gasteiger partial charge in [-0.05, 0) is 49.9 Å². The van der Waals surface area contributed by atoms with Crippen molar-refractivity contribution in [2.24, 2.45) is 11.7 Å². The lowest BCUT2D eigenvalue weighted by Gasteiger charge is -2.30. The summed E-state index contributed by atoms with van der Waals surface area (Å²) in [7, 11) is 0. The molecule has 3 heterocycles. The highest BCUT2D eigenvalue weighted by Crippen LogP contribution is 2.21. The van der Waals surface area contributed by atoms with E-state index in [2.05, 4.69) is 16.5 Å². The third-order valence-electron chi connectivity index (χ3n) is 6.69. The maximum absolute atomic E-state index is 13.3. The monoisotopic (exact) mass is 507 g/mol. The van der Waals surface area contributed by atoms with Crippen LogP contribution in [0.2, 0.25) is 0 Å². The van der Waals surface area contributed by atoms with E-state index in [1.165, 1.54) is 11.3 Å². The van der Waals surface area contributed by atoms with E-state index in [0.29, 0.717) is 51.3 Å². The molecular formula is C27H33N5O3S. The molecule has 3 amide bonds. The number of amides is 3. The Kier molecular flexibility index (Phi) is 8.20. The minimum atomic E-state index is -0.293. The van der Waals surface area contributed by atoms with Crippen molar-refractivity contribution < 1.29 is 14.4 Å². The van der Waals surface area contributed by atoms with Crippen LogP contribution in [-0.4, -0.2) is 56.7 Å². The number of piperidine rings is 1. The second-order valence-electron chi connectivity index (χ2n) is 9.26. The molecule has 36 heavy (non-hydrogen) atoms. The number of thiazole rings is 1. The zero-order valence-corrected chi connectivity index (χ0v) is 21.7. The number of hydrogen-bond donors (Lipinski definition) is 1. The number of nitrogens with two attached hydrogens (primary N) is 1. The Hall–Kier alpha value is -3.46. The van der Waals surface area contributed by atoms with Crippen LogP contribution in [0.25, 0.3) is 0 Å². The number of aryl methyl sites for hydroxylation is 1. The number of aromatic nitrogens is 2. The van der Waals surface area contributed by atoms with E-state index in [1.807, 2.05) is 54.4 Å². The fourth-order valence-electron chi connectivity index (χ4n) is 4.60. The second-order valence-corrected chi connectivity index (χ2v) is 10.2. The molecule has 0 radical (unpaired) electrons. The molecule has 1 fully saturated rings. The van der Waals surface area contributed by atoms with Gasteiger partial charge in [-0.3, -0.25) is 14.4 Å². The van der Waals surface area contributed by atoms with Crippen molar-refractivity contribution in [3.05, 3.63) is 75.5 Å². The molecule has 2 aromatic heterocycles. The molecule has 0 unspecified atom stereocenters. The average molecular weight is 508 g/mol. The van der Waals surface area contributed by atoms with Crippen molar-refractivity contribution in [2.45, 2.75) is 46.2 Å². The van der Waals surface area contributed by atoms with E-state index in [4.69, 9.17) is 5.73 Å². The average Bonchev–Trinajstić information content (AvgIpc) is 3.53. The Labute approximate surface area is 215 Å². The minimum Gasteiger partial charge on any atom is -0.369 e. The van der Waals surface area contributed by atoms with Crippen LogP contribution in [0.5, 0.6) is 0 Å². The number of benzene rings is 1. The predicted octanol–water partition coefficient (Wildman–Crippen LogP) is 3.69. The number of nitrogens with zero attached hydrogens (tertiary/aromatic N) is 4. The lowest BCUT2D eigenvalue weighted by Crippen LogP contribution is -2.41. The molecule has 0 saturated carbocycles. The molecule has 1 aliphatic rings. The lowest BCUT2D eigenvalue weighted by atomic mass is 9.96. The fourth-order valence-corrected chi connectivity index (χ4v) is 5.37. The van der Waals surface area contributed by atoms with Crippen LogP contribution < -0.4 is 5.73 Å². The summed E-state index contributed by atoms with van der Waals surface area (Å²) in [5.74, 6) is -0.521. The van der Waals surface area contributed by atoms with Crippen molar-refractivity contribution in [3.8, 4) is 0 Å². The first-order valence-corrected chi connectivity index (χ1v) is 13.3. The van der Waals surface area contributed by atoms with E-state index in [0.717, 1.165) is 28.2 Å². The Morgan fingerprint density at radius 2 is 1.89 bits per heavy atom. The molecule has 1 saturated heterocycles. The van der Waals surface area contributed by atoms with Gasteiger partial charge in [-0.25, -0.2) is 4.98 Å². The molecule has 4 rings (SSSR count). The first-order valence-electron chi connectivity index (χ1n) is 12.4. The molecule has 1 aromatic carbocycles. The summed E-state index contributed by atoms with van der Waals surface area (Å²) in [5.41, 5.74) is 8.55. The molecule has 190 valence electrons. The molecule has 8 nitrogen and oxygen atoms in total. The summed E-state index contributed by atoms with van der Waals surface area (Å²) in [4.78, 5) is 45.8. The Morgan fingerprint density at radius 1 is 1.14 bits per heavy atom. The molecule has 9 heteroatoms. The number of hydrogen-bond acceptors (Lipinski definition) is 5. The van der Waals surface area contributed by atoms with Gasteiger partial charge >= 0.3 is 0 Å². The second kappa shape index (κ2) is 11.5. The van der Waals surface area contributed by atoms with Crippen molar-refractivity contribution >= 4 is 29.1 Å². The van der Waals surface area contributed by atoms with Crippen LogP contribution in [-0.2, 0) is 17.9 Å². The van der Waals surface area contributed by atoms with Crippen molar-refractivity contribution in [2.75, 3.05) is 19.6 Å². The highest BCUT2D eigenvalue weighted by atomic mass is 32.1. The normalized spacial score (nSPS) is 14.1. The van der Waals surface area contributed by atoms with E-state index in [1.54, 1.807) is 10.3 Å². The standard InChI is InChI=1S/C27H33N5O3S/c1-3-12-32(26(34)22-9-5-4-7-19(22)2)16-21-8-6-13-31(21)17-24-29-23(18-36-24)27(35)30-14-10-20(11-15-30)25(28)33/h4-9,13,18,20H,3,10-12,14-17H2,1-2H3,(H2,28,33). The first kappa shape index (κ1) is 25.6. The van der Waals surface area contributed by atoms with Crippen molar-refractivity contribution in [1.82, 2.24) is 19.4 Å². The molecule has 0 atom stereocenters. The molecular weight excluding hydrogens is 474 g/mol. The summed E-state index contributed by atoms with van der Waals surface area (Å²) in [6.07, 6.45) is 4.04. The summed E-state index contributed by atoms with van der Waals surface area (Å²) < 4.78 is 2.08. The van der Waals surface area contributed by atoms with E-state index in [9.17, 15) is 14.4 Å². The Bertz CT molecular complexity index is 1230. The number of carbonyl (C=O) groups is 3. The van der Waals surface area contributed by atoms with Gasteiger partial charge in [0.05, 0.1) is 13.1 Å². The van der Waals surface area contributed by atoms with Gasteiger partial charge in [0.25, 0.3) is 11.8 Å². The van der Waals surface area contributed by atoms with Crippen LogP contribution >= 0.6 is 11.3 Å². The van der Waals surface area contributed by atoms with Crippen molar-refractivity contribution in [1.29, 1.82) is 0 Å². The number of likely N-dealkylation sites (tertiary alicyclic amines) is 1. The third-order valence-corrected chi connectivity index (χ3v) is 7.53. The van der Waals surface area contributed by atoms with Gasteiger partial charge < -0.3 is 20.1 Å². The molecule has 3 aromatic rings.